The van der Waals surface area contributed by atoms with Crippen LogP contribution in [0, 0.1) is 0 Å². The lowest BCUT2D eigenvalue weighted by Gasteiger charge is -2.03. The molecule has 0 aliphatic heterocycles. The first-order valence-electron chi connectivity index (χ1n) is 6.13. The van der Waals surface area contributed by atoms with Gasteiger partial charge in [0.25, 0.3) is 0 Å². The summed E-state index contributed by atoms with van der Waals surface area (Å²) >= 11 is 5.29. The molecule has 0 fully saturated rings. The Hall–Kier alpha value is -0.500. The Morgan fingerprint density at radius 1 is 1.06 bits per heavy atom. The molecule has 0 bridgehead atoms. The van der Waals surface area contributed by atoms with Crippen LogP contribution in [0.2, 0.25) is 0 Å². The minimum atomic E-state index is -0.314. The highest BCUT2D eigenvalue weighted by atomic mass is 35.5. The van der Waals surface area contributed by atoms with Gasteiger partial charge < -0.3 is 4.74 Å². The SMILES string of the molecule is C=CCCCCCCCCCOC(=O)CCl. The second-order valence-electron chi connectivity index (χ2n) is 3.91. The number of unbranched alkanes of at least 4 members (excludes halogenated alkanes) is 7. The van der Waals surface area contributed by atoms with Crippen molar-refractivity contribution in [1.29, 1.82) is 0 Å². The van der Waals surface area contributed by atoms with Crippen molar-refractivity contribution >= 4 is 17.6 Å². The Kier molecular flexibility index (Phi) is 12.2. The number of rotatable bonds is 11. The monoisotopic (exact) mass is 246 g/mol. The first-order chi connectivity index (χ1) is 7.81. The number of esters is 1. The van der Waals surface area contributed by atoms with E-state index in [0.29, 0.717) is 6.61 Å². The molecule has 0 saturated heterocycles. The fourth-order valence-electron chi connectivity index (χ4n) is 1.50. The third-order valence-electron chi connectivity index (χ3n) is 2.42. The second-order valence-corrected chi connectivity index (χ2v) is 4.17. The van der Waals surface area contributed by atoms with Crippen molar-refractivity contribution in [3.8, 4) is 0 Å². The number of hydrogen-bond donors (Lipinski definition) is 0. The minimum absolute atomic E-state index is 0.0384. The van der Waals surface area contributed by atoms with Crippen molar-refractivity contribution in [2.75, 3.05) is 12.5 Å². The van der Waals surface area contributed by atoms with Crippen molar-refractivity contribution in [3.05, 3.63) is 12.7 Å². The van der Waals surface area contributed by atoms with Gasteiger partial charge in [-0.25, -0.2) is 0 Å². The number of ether oxygens (including phenoxy) is 1. The van der Waals surface area contributed by atoms with Crippen LogP contribution in [-0.2, 0) is 9.53 Å². The lowest BCUT2D eigenvalue weighted by molar-refractivity contribution is -0.140. The summed E-state index contributed by atoms with van der Waals surface area (Å²) in [5.74, 6) is -0.352. The van der Waals surface area contributed by atoms with E-state index in [1.54, 1.807) is 0 Å². The summed E-state index contributed by atoms with van der Waals surface area (Å²) in [5.41, 5.74) is 0. The van der Waals surface area contributed by atoms with Gasteiger partial charge in [0, 0.05) is 0 Å². The van der Waals surface area contributed by atoms with Crippen LogP contribution in [0.3, 0.4) is 0 Å². The third-order valence-corrected chi connectivity index (χ3v) is 2.64. The van der Waals surface area contributed by atoms with Crippen LogP contribution >= 0.6 is 11.6 Å². The Balaban J connectivity index is 2.98. The molecule has 2 nitrogen and oxygen atoms in total. The molecule has 0 amide bonds. The summed E-state index contributed by atoms with van der Waals surface area (Å²) in [4.78, 5) is 10.7. The van der Waals surface area contributed by atoms with Gasteiger partial charge in [0.2, 0.25) is 0 Å². The van der Waals surface area contributed by atoms with Gasteiger partial charge in [0.1, 0.15) is 5.88 Å². The van der Waals surface area contributed by atoms with Gasteiger partial charge >= 0.3 is 5.97 Å². The van der Waals surface area contributed by atoms with Crippen molar-refractivity contribution in [1.82, 2.24) is 0 Å². The maximum atomic E-state index is 10.7. The Labute approximate surface area is 104 Å². The standard InChI is InChI=1S/C13H23ClO2/c1-2-3-4-5-6-7-8-9-10-11-16-13(15)12-14/h2H,1,3-12H2. The number of carbonyl (C=O) groups excluding carboxylic acids is 1. The van der Waals surface area contributed by atoms with Crippen LogP contribution in [0.1, 0.15) is 51.4 Å². The van der Waals surface area contributed by atoms with Crippen LogP contribution in [-0.4, -0.2) is 18.5 Å². The molecule has 0 aromatic carbocycles. The van der Waals surface area contributed by atoms with E-state index in [1.165, 1.54) is 32.1 Å². The zero-order valence-corrected chi connectivity index (χ0v) is 10.8. The first kappa shape index (κ1) is 15.5. The van der Waals surface area contributed by atoms with Crippen LogP contribution in [0.15, 0.2) is 12.7 Å². The maximum absolute atomic E-state index is 10.7. The number of carbonyl (C=O) groups is 1. The molecule has 0 saturated carbocycles. The maximum Gasteiger partial charge on any atom is 0.320 e. The Morgan fingerprint density at radius 3 is 2.19 bits per heavy atom. The summed E-state index contributed by atoms with van der Waals surface area (Å²) in [6.07, 6.45) is 11.6. The first-order valence-corrected chi connectivity index (χ1v) is 6.67. The molecule has 0 atom stereocenters. The molecule has 0 heterocycles. The van der Waals surface area contributed by atoms with Gasteiger partial charge in [-0.2, -0.15) is 0 Å². The fourth-order valence-corrected chi connectivity index (χ4v) is 1.58. The van der Waals surface area contributed by atoms with E-state index in [-0.39, 0.29) is 11.8 Å². The van der Waals surface area contributed by atoms with Crippen molar-refractivity contribution in [3.63, 3.8) is 0 Å². The molecule has 0 spiro atoms. The lowest BCUT2D eigenvalue weighted by atomic mass is 10.1. The zero-order valence-electron chi connectivity index (χ0n) is 10.0. The van der Waals surface area contributed by atoms with Crippen molar-refractivity contribution in [2.24, 2.45) is 0 Å². The summed E-state index contributed by atoms with van der Waals surface area (Å²) in [5, 5.41) is 0. The molecule has 0 N–H and O–H groups in total. The second kappa shape index (κ2) is 12.6. The summed E-state index contributed by atoms with van der Waals surface area (Å²) in [6, 6.07) is 0. The summed E-state index contributed by atoms with van der Waals surface area (Å²) < 4.78 is 4.87. The molecule has 0 radical (unpaired) electrons. The minimum Gasteiger partial charge on any atom is -0.465 e. The van der Waals surface area contributed by atoms with Gasteiger partial charge in [-0.3, -0.25) is 4.79 Å². The predicted octanol–water partition coefficient (Wildman–Crippen LogP) is 4.08. The quantitative estimate of drug-likeness (QED) is 0.238. The topological polar surface area (TPSA) is 26.3 Å². The molecule has 0 aromatic heterocycles. The van der Waals surface area contributed by atoms with Gasteiger partial charge in [-0.1, -0.05) is 38.2 Å². The summed E-state index contributed by atoms with van der Waals surface area (Å²) in [7, 11) is 0. The van der Waals surface area contributed by atoms with Gasteiger partial charge in [0.15, 0.2) is 0 Å². The predicted molar refractivity (Wildman–Crippen MR) is 68.8 cm³/mol. The van der Waals surface area contributed by atoms with Crippen LogP contribution in [0.4, 0.5) is 0 Å². The molecule has 0 aliphatic carbocycles. The van der Waals surface area contributed by atoms with Crippen LogP contribution in [0.25, 0.3) is 0 Å². The van der Waals surface area contributed by atoms with E-state index in [9.17, 15) is 4.79 Å². The summed E-state index contributed by atoms with van der Waals surface area (Å²) in [6.45, 7) is 4.21. The zero-order chi connectivity index (χ0) is 12.1. The molecular weight excluding hydrogens is 224 g/mol. The Morgan fingerprint density at radius 2 is 1.62 bits per heavy atom. The van der Waals surface area contributed by atoms with Crippen LogP contribution in [0.5, 0.6) is 0 Å². The van der Waals surface area contributed by atoms with E-state index in [1.807, 2.05) is 6.08 Å². The number of halogens is 1. The molecule has 94 valence electrons. The average Bonchev–Trinajstić information content (AvgIpc) is 2.31. The third kappa shape index (κ3) is 11.6. The van der Waals surface area contributed by atoms with E-state index in [2.05, 4.69) is 6.58 Å². The van der Waals surface area contributed by atoms with Crippen LogP contribution < -0.4 is 0 Å². The molecule has 0 rings (SSSR count). The smallest absolute Gasteiger partial charge is 0.320 e. The van der Waals surface area contributed by atoms with Crippen molar-refractivity contribution in [2.45, 2.75) is 51.4 Å². The van der Waals surface area contributed by atoms with Crippen molar-refractivity contribution < 1.29 is 9.53 Å². The van der Waals surface area contributed by atoms with Gasteiger partial charge in [0.05, 0.1) is 6.61 Å². The molecule has 3 heteroatoms. The van der Waals surface area contributed by atoms with Gasteiger partial charge in [-0.15, -0.1) is 18.2 Å². The highest BCUT2D eigenvalue weighted by Crippen LogP contribution is 2.08. The normalized spacial score (nSPS) is 10.1. The molecule has 0 aromatic rings. The highest BCUT2D eigenvalue weighted by molar-refractivity contribution is 6.26. The lowest BCUT2D eigenvalue weighted by Crippen LogP contribution is -2.06. The molecule has 0 unspecified atom stereocenters. The highest BCUT2D eigenvalue weighted by Gasteiger charge is 1.98. The van der Waals surface area contributed by atoms with E-state index >= 15 is 0 Å². The number of allylic oxidation sites excluding steroid dienone is 1. The Bertz CT molecular complexity index is 181. The molecule has 16 heavy (non-hydrogen) atoms. The molecular formula is C13H23ClO2. The molecule has 0 aliphatic rings. The average molecular weight is 247 g/mol. The van der Waals surface area contributed by atoms with Gasteiger partial charge in [-0.05, 0) is 19.3 Å². The van der Waals surface area contributed by atoms with E-state index in [4.69, 9.17) is 16.3 Å². The fraction of sp³-hybridized carbons (Fsp3) is 0.769. The largest absolute Gasteiger partial charge is 0.465 e. The van der Waals surface area contributed by atoms with E-state index in [0.717, 1.165) is 19.3 Å². The number of alkyl halides is 1. The number of hydrogen-bond acceptors (Lipinski definition) is 2. The van der Waals surface area contributed by atoms with E-state index < -0.39 is 0 Å².